The number of hydrogen-bond acceptors (Lipinski definition) is 1. The predicted octanol–water partition coefficient (Wildman–Crippen LogP) is 3.77. The zero-order valence-corrected chi connectivity index (χ0v) is 10.2. The molecule has 2 N–H and O–H groups in total. The Labute approximate surface area is 99.4 Å². The third-order valence-electron chi connectivity index (χ3n) is 2.59. The third-order valence-corrected chi connectivity index (χ3v) is 3.15. The largest absolute Gasteiger partial charge is 0.327 e. The summed E-state index contributed by atoms with van der Waals surface area (Å²) in [6.07, 6.45) is 0. The number of benzene rings is 1. The average Bonchev–Trinajstić information content (AvgIpc) is 2.20. The van der Waals surface area contributed by atoms with Crippen LogP contribution in [0.5, 0.6) is 0 Å². The molecule has 84 valence electrons. The van der Waals surface area contributed by atoms with Crippen molar-refractivity contribution in [3.8, 4) is 0 Å². The fourth-order valence-electron chi connectivity index (χ4n) is 1.47. The van der Waals surface area contributed by atoms with Gasteiger partial charge < -0.3 is 5.73 Å². The van der Waals surface area contributed by atoms with Crippen molar-refractivity contribution in [1.82, 2.24) is 0 Å². The van der Waals surface area contributed by atoms with E-state index in [9.17, 15) is 4.39 Å². The summed E-state index contributed by atoms with van der Waals surface area (Å²) in [5, 5.41) is 0.826. The fourth-order valence-corrected chi connectivity index (χ4v) is 1.92. The monoisotopic (exact) mass is 249 g/mol. The molecular weight excluding hydrogens is 236 g/mol. The Morgan fingerprint density at radius 3 is 2.47 bits per heavy atom. The van der Waals surface area contributed by atoms with Crippen molar-refractivity contribution in [3.05, 3.63) is 33.8 Å². The molecule has 0 radical (unpaired) electrons. The molecule has 0 aliphatic heterocycles. The summed E-state index contributed by atoms with van der Waals surface area (Å²) in [7, 11) is 0. The van der Waals surface area contributed by atoms with Crippen LogP contribution in [0.1, 0.15) is 19.4 Å². The first-order valence-corrected chi connectivity index (χ1v) is 5.52. The van der Waals surface area contributed by atoms with Crippen molar-refractivity contribution >= 4 is 23.2 Å². The van der Waals surface area contributed by atoms with Crippen molar-refractivity contribution in [1.29, 1.82) is 0 Å². The molecule has 1 unspecified atom stereocenters. The van der Waals surface area contributed by atoms with E-state index in [0.29, 0.717) is 15.6 Å². The molecule has 0 bridgehead atoms. The summed E-state index contributed by atoms with van der Waals surface area (Å²) in [4.78, 5) is 0. The van der Waals surface area contributed by atoms with E-state index in [-0.39, 0.29) is 12.5 Å². The third kappa shape index (κ3) is 2.44. The molecule has 0 saturated carbocycles. The number of alkyl halides is 1. The van der Waals surface area contributed by atoms with E-state index in [0.717, 1.165) is 0 Å². The van der Waals surface area contributed by atoms with Gasteiger partial charge in [0.2, 0.25) is 0 Å². The maximum Gasteiger partial charge on any atom is 0.151 e. The second kappa shape index (κ2) is 4.69. The molecule has 1 aromatic rings. The number of halogens is 3. The fraction of sp³-hybridized carbons (Fsp3) is 0.455. The van der Waals surface area contributed by atoms with Crippen LogP contribution in [-0.4, -0.2) is 6.54 Å². The molecule has 0 fully saturated rings. The molecule has 1 rings (SSSR count). The minimum absolute atomic E-state index is 0.106. The Kier molecular flexibility index (Phi) is 3.99. The molecule has 0 spiro atoms. The molecule has 0 aliphatic rings. The SMILES string of the molecule is CC(C)C(F)(CN)c1cc(Cl)ccc1Cl. The lowest BCUT2D eigenvalue weighted by molar-refractivity contribution is 0.109. The molecule has 1 aromatic carbocycles. The van der Waals surface area contributed by atoms with Crippen molar-refractivity contribution in [2.24, 2.45) is 11.7 Å². The minimum atomic E-state index is -1.62. The van der Waals surface area contributed by atoms with Crippen molar-refractivity contribution in [2.75, 3.05) is 6.54 Å². The summed E-state index contributed by atoms with van der Waals surface area (Å²) in [5.74, 6) is -0.251. The van der Waals surface area contributed by atoms with Gasteiger partial charge in [-0.15, -0.1) is 0 Å². The topological polar surface area (TPSA) is 26.0 Å². The highest BCUT2D eigenvalue weighted by atomic mass is 35.5. The quantitative estimate of drug-likeness (QED) is 0.868. The molecule has 0 aromatic heterocycles. The highest BCUT2D eigenvalue weighted by molar-refractivity contribution is 6.33. The Bertz CT molecular complexity index is 354. The summed E-state index contributed by atoms with van der Waals surface area (Å²) in [6, 6.07) is 4.76. The summed E-state index contributed by atoms with van der Waals surface area (Å²) in [5.41, 5.74) is 4.23. The predicted molar refractivity (Wildman–Crippen MR) is 63.1 cm³/mol. The molecule has 0 heterocycles. The Morgan fingerprint density at radius 1 is 1.40 bits per heavy atom. The van der Waals surface area contributed by atoms with Gasteiger partial charge in [0.15, 0.2) is 5.67 Å². The molecule has 1 atom stereocenters. The average molecular weight is 250 g/mol. The van der Waals surface area contributed by atoms with E-state index in [1.165, 1.54) is 6.07 Å². The van der Waals surface area contributed by atoms with Gasteiger partial charge in [0.25, 0.3) is 0 Å². The van der Waals surface area contributed by atoms with Gasteiger partial charge in [-0.2, -0.15) is 0 Å². The molecule has 0 aliphatic carbocycles. The lowest BCUT2D eigenvalue weighted by Crippen LogP contribution is -2.35. The van der Waals surface area contributed by atoms with Crippen molar-refractivity contribution < 1.29 is 4.39 Å². The van der Waals surface area contributed by atoms with Gasteiger partial charge in [0.05, 0.1) is 0 Å². The first-order valence-electron chi connectivity index (χ1n) is 4.76. The van der Waals surface area contributed by atoms with Crippen LogP contribution in [0.2, 0.25) is 10.0 Å². The number of rotatable bonds is 3. The maximum atomic E-state index is 14.5. The standard InChI is InChI=1S/C11H14Cl2FN/c1-7(2)11(14,6-15)9-5-8(12)3-4-10(9)13/h3-5,7H,6,15H2,1-2H3. The molecule has 4 heteroatoms. The summed E-state index contributed by atoms with van der Waals surface area (Å²) >= 11 is 11.8. The van der Waals surface area contributed by atoms with E-state index in [1.807, 2.05) is 0 Å². The van der Waals surface area contributed by atoms with Gasteiger partial charge in [-0.25, -0.2) is 4.39 Å². The van der Waals surface area contributed by atoms with Gasteiger partial charge in [0.1, 0.15) is 0 Å². The van der Waals surface area contributed by atoms with Gasteiger partial charge in [-0.3, -0.25) is 0 Å². The van der Waals surface area contributed by atoms with Crippen LogP contribution in [0, 0.1) is 5.92 Å². The van der Waals surface area contributed by atoms with E-state index < -0.39 is 5.67 Å². The van der Waals surface area contributed by atoms with E-state index in [2.05, 4.69) is 0 Å². The highest BCUT2D eigenvalue weighted by Gasteiger charge is 2.36. The second-order valence-electron chi connectivity index (χ2n) is 3.85. The van der Waals surface area contributed by atoms with Crippen molar-refractivity contribution in [3.63, 3.8) is 0 Å². The summed E-state index contributed by atoms with van der Waals surface area (Å²) in [6.45, 7) is 3.43. The molecule has 0 amide bonds. The number of hydrogen-bond donors (Lipinski definition) is 1. The normalized spacial score (nSPS) is 15.4. The lowest BCUT2D eigenvalue weighted by Gasteiger charge is -2.29. The first kappa shape index (κ1) is 12.8. The summed E-state index contributed by atoms with van der Waals surface area (Å²) < 4.78 is 14.5. The van der Waals surface area contributed by atoms with Crippen LogP contribution in [0.25, 0.3) is 0 Å². The van der Waals surface area contributed by atoms with Crippen LogP contribution in [0.4, 0.5) is 4.39 Å². The number of nitrogens with two attached hydrogens (primary N) is 1. The van der Waals surface area contributed by atoms with Crippen molar-refractivity contribution in [2.45, 2.75) is 19.5 Å². The zero-order chi connectivity index (χ0) is 11.6. The smallest absolute Gasteiger partial charge is 0.151 e. The van der Waals surface area contributed by atoms with Gasteiger partial charge in [0, 0.05) is 22.2 Å². The van der Waals surface area contributed by atoms with Crippen LogP contribution in [0.3, 0.4) is 0 Å². The Morgan fingerprint density at radius 2 is 2.00 bits per heavy atom. The second-order valence-corrected chi connectivity index (χ2v) is 4.69. The molecule has 1 nitrogen and oxygen atoms in total. The van der Waals surface area contributed by atoms with E-state index in [1.54, 1.807) is 26.0 Å². The van der Waals surface area contributed by atoms with Gasteiger partial charge in [-0.05, 0) is 24.1 Å². The first-order chi connectivity index (χ1) is 6.91. The Hall–Kier alpha value is -0.310. The van der Waals surface area contributed by atoms with Crippen LogP contribution in [-0.2, 0) is 5.67 Å². The van der Waals surface area contributed by atoms with Crippen LogP contribution in [0.15, 0.2) is 18.2 Å². The van der Waals surface area contributed by atoms with Crippen LogP contribution < -0.4 is 5.73 Å². The molecule has 0 saturated heterocycles. The van der Waals surface area contributed by atoms with Crippen LogP contribution >= 0.6 is 23.2 Å². The maximum absolute atomic E-state index is 14.5. The van der Waals surface area contributed by atoms with E-state index >= 15 is 0 Å². The molecule has 15 heavy (non-hydrogen) atoms. The lowest BCUT2D eigenvalue weighted by atomic mass is 9.85. The Balaban J connectivity index is 3.29. The van der Waals surface area contributed by atoms with Gasteiger partial charge >= 0.3 is 0 Å². The van der Waals surface area contributed by atoms with E-state index in [4.69, 9.17) is 28.9 Å². The highest BCUT2D eigenvalue weighted by Crippen LogP contribution is 2.38. The molecular formula is C11H14Cl2FN. The minimum Gasteiger partial charge on any atom is -0.327 e. The van der Waals surface area contributed by atoms with Gasteiger partial charge in [-0.1, -0.05) is 37.0 Å². The zero-order valence-electron chi connectivity index (χ0n) is 8.73.